The fraction of sp³-hybridized carbons (Fsp3) is 0.538. The summed E-state index contributed by atoms with van der Waals surface area (Å²) in [5.74, 6) is 2.31. The zero-order chi connectivity index (χ0) is 12.3. The average Bonchev–Trinajstić information content (AvgIpc) is 2.90. The Morgan fingerprint density at radius 1 is 1.12 bits per heavy atom. The van der Waals surface area contributed by atoms with Crippen molar-refractivity contribution in [3.05, 3.63) is 17.7 Å². The molecule has 2 rings (SSSR count). The van der Waals surface area contributed by atoms with E-state index in [-0.39, 0.29) is 0 Å². The first-order valence-corrected chi connectivity index (χ1v) is 5.83. The summed E-state index contributed by atoms with van der Waals surface area (Å²) >= 11 is 0. The molecule has 0 saturated carbocycles. The van der Waals surface area contributed by atoms with Crippen LogP contribution in [0.15, 0.2) is 12.1 Å². The predicted molar refractivity (Wildman–Crippen MR) is 66.1 cm³/mol. The Morgan fingerprint density at radius 2 is 1.94 bits per heavy atom. The molecule has 4 heteroatoms. The second-order valence-corrected chi connectivity index (χ2v) is 4.10. The van der Waals surface area contributed by atoms with Crippen molar-refractivity contribution in [2.75, 3.05) is 27.9 Å². The first-order chi connectivity index (χ1) is 8.30. The molecule has 94 valence electrons. The van der Waals surface area contributed by atoms with Crippen LogP contribution in [0.1, 0.15) is 24.4 Å². The van der Waals surface area contributed by atoms with Crippen molar-refractivity contribution in [1.29, 1.82) is 0 Å². The van der Waals surface area contributed by atoms with Gasteiger partial charge in [-0.2, -0.15) is 0 Å². The molecular weight excluding hydrogens is 218 g/mol. The van der Waals surface area contributed by atoms with Crippen molar-refractivity contribution in [3.8, 4) is 17.2 Å². The lowest BCUT2D eigenvalue weighted by atomic mass is 10.0. The summed E-state index contributed by atoms with van der Waals surface area (Å²) in [6.45, 7) is 1.05. The summed E-state index contributed by atoms with van der Waals surface area (Å²) in [5, 5.41) is 3.46. The van der Waals surface area contributed by atoms with Crippen LogP contribution in [0.3, 0.4) is 0 Å². The van der Waals surface area contributed by atoms with E-state index in [1.807, 2.05) is 12.1 Å². The van der Waals surface area contributed by atoms with E-state index in [0.717, 1.165) is 35.8 Å². The van der Waals surface area contributed by atoms with E-state index in [1.54, 1.807) is 21.3 Å². The van der Waals surface area contributed by atoms with Gasteiger partial charge in [0.1, 0.15) is 5.75 Å². The van der Waals surface area contributed by atoms with Crippen LogP contribution in [0.25, 0.3) is 0 Å². The lowest BCUT2D eigenvalue weighted by Crippen LogP contribution is -2.14. The van der Waals surface area contributed by atoms with Gasteiger partial charge in [-0.25, -0.2) is 0 Å². The second-order valence-electron chi connectivity index (χ2n) is 4.10. The molecule has 0 amide bonds. The zero-order valence-electron chi connectivity index (χ0n) is 10.6. The van der Waals surface area contributed by atoms with Gasteiger partial charge in [-0.05, 0) is 25.5 Å². The van der Waals surface area contributed by atoms with Gasteiger partial charge < -0.3 is 19.5 Å². The van der Waals surface area contributed by atoms with Crippen molar-refractivity contribution < 1.29 is 14.2 Å². The fourth-order valence-corrected chi connectivity index (χ4v) is 2.29. The van der Waals surface area contributed by atoms with Crippen LogP contribution in [-0.4, -0.2) is 27.9 Å². The van der Waals surface area contributed by atoms with Crippen LogP contribution < -0.4 is 19.5 Å². The minimum Gasteiger partial charge on any atom is -0.497 e. The van der Waals surface area contributed by atoms with Crippen LogP contribution in [0.4, 0.5) is 0 Å². The molecule has 0 aliphatic carbocycles. The zero-order valence-corrected chi connectivity index (χ0v) is 10.6. The van der Waals surface area contributed by atoms with Crippen LogP contribution in [0.5, 0.6) is 17.2 Å². The number of methoxy groups -OCH3 is 3. The number of nitrogens with one attached hydrogen (secondary N) is 1. The van der Waals surface area contributed by atoms with Gasteiger partial charge in [0.15, 0.2) is 11.5 Å². The first kappa shape index (κ1) is 12.0. The molecule has 1 atom stereocenters. The predicted octanol–water partition coefficient (Wildman–Crippen LogP) is 2.14. The quantitative estimate of drug-likeness (QED) is 0.871. The Labute approximate surface area is 102 Å². The lowest BCUT2D eigenvalue weighted by molar-refractivity contribution is 0.342. The third kappa shape index (κ3) is 2.31. The maximum atomic E-state index is 5.46. The number of rotatable bonds is 4. The molecule has 4 nitrogen and oxygen atoms in total. The standard InChI is InChI=1S/C13H19NO3/c1-15-9-7-10(11-5-4-6-14-11)13(17-3)12(8-9)16-2/h7-8,11,14H,4-6H2,1-3H3. The summed E-state index contributed by atoms with van der Waals surface area (Å²) in [4.78, 5) is 0. The molecular formula is C13H19NO3. The van der Waals surface area contributed by atoms with Crippen LogP contribution in [0.2, 0.25) is 0 Å². The molecule has 17 heavy (non-hydrogen) atoms. The van der Waals surface area contributed by atoms with E-state index in [9.17, 15) is 0 Å². The van der Waals surface area contributed by atoms with Gasteiger partial charge in [-0.1, -0.05) is 0 Å². The largest absolute Gasteiger partial charge is 0.497 e. The summed E-state index contributed by atoms with van der Waals surface area (Å²) in [5.41, 5.74) is 1.11. The van der Waals surface area contributed by atoms with E-state index in [2.05, 4.69) is 5.32 Å². The van der Waals surface area contributed by atoms with Crippen LogP contribution in [-0.2, 0) is 0 Å². The smallest absolute Gasteiger partial charge is 0.165 e. The van der Waals surface area contributed by atoms with Crippen LogP contribution >= 0.6 is 0 Å². The van der Waals surface area contributed by atoms with Gasteiger partial charge in [-0.3, -0.25) is 0 Å². The monoisotopic (exact) mass is 237 g/mol. The Balaban J connectivity index is 2.45. The molecule has 1 fully saturated rings. The summed E-state index contributed by atoms with van der Waals surface area (Å²) in [7, 11) is 4.97. The van der Waals surface area contributed by atoms with Crippen molar-refractivity contribution in [2.45, 2.75) is 18.9 Å². The molecule has 0 spiro atoms. The molecule has 1 heterocycles. The van der Waals surface area contributed by atoms with E-state index in [0.29, 0.717) is 6.04 Å². The number of hydrogen-bond donors (Lipinski definition) is 1. The summed E-state index contributed by atoms with van der Waals surface area (Å²) in [6, 6.07) is 4.19. The van der Waals surface area contributed by atoms with Crippen molar-refractivity contribution >= 4 is 0 Å². The molecule has 1 unspecified atom stereocenters. The van der Waals surface area contributed by atoms with Gasteiger partial charge in [-0.15, -0.1) is 0 Å². The molecule has 0 aromatic heterocycles. The van der Waals surface area contributed by atoms with E-state index in [1.165, 1.54) is 6.42 Å². The highest BCUT2D eigenvalue weighted by Gasteiger charge is 2.23. The molecule has 1 aliphatic rings. The number of hydrogen-bond acceptors (Lipinski definition) is 4. The maximum absolute atomic E-state index is 5.46. The highest BCUT2D eigenvalue weighted by atomic mass is 16.5. The van der Waals surface area contributed by atoms with Gasteiger partial charge in [0.2, 0.25) is 0 Å². The molecule has 1 aliphatic heterocycles. The Hall–Kier alpha value is -1.42. The molecule has 1 N–H and O–H groups in total. The van der Waals surface area contributed by atoms with Gasteiger partial charge >= 0.3 is 0 Å². The topological polar surface area (TPSA) is 39.7 Å². The first-order valence-electron chi connectivity index (χ1n) is 5.83. The normalized spacial score (nSPS) is 19.1. The van der Waals surface area contributed by atoms with Gasteiger partial charge in [0.25, 0.3) is 0 Å². The molecule has 0 radical (unpaired) electrons. The summed E-state index contributed by atoms with van der Waals surface area (Å²) in [6.07, 6.45) is 2.31. The van der Waals surface area contributed by atoms with E-state index in [4.69, 9.17) is 14.2 Å². The number of ether oxygens (including phenoxy) is 3. The van der Waals surface area contributed by atoms with E-state index >= 15 is 0 Å². The minimum atomic E-state index is 0.328. The van der Waals surface area contributed by atoms with Crippen LogP contribution in [0, 0.1) is 0 Å². The molecule has 1 aromatic rings. The molecule has 1 aromatic carbocycles. The highest BCUT2D eigenvalue weighted by molar-refractivity contribution is 5.53. The maximum Gasteiger partial charge on any atom is 0.165 e. The second kappa shape index (κ2) is 5.27. The Kier molecular flexibility index (Phi) is 3.74. The van der Waals surface area contributed by atoms with Crippen molar-refractivity contribution in [1.82, 2.24) is 5.32 Å². The lowest BCUT2D eigenvalue weighted by Gasteiger charge is -2.18. The number of benzene rings is 1. The van der Waals surface area contributed by atoms with E-state index < -0.39 is 0 Å². The van der Waals surface area contributed by atoms with Gasteiger partial charge in [0, 0.05) is 17.7 Å². The molecule has 0 bridgehead atoms. The SMILES string of the molecule is COc1cc(OC)c(OC)c(C2CCCN2)c1. The Bertz CT molecular complexity index is 386. The Morgan fingerprint density at radius 3 is 2.47 bits per heavy atom. The third-order valence-electron chi connectivity index (χ3n) is 3.15. The average molecular weight is 237 g/mol. The third-order valence-corrected chi connectivity index (χ3v) is 3.15. The van der Waals surface area contributed by atoms with Gasteiger partial charge in [0.05, 0.1) is 21.3 Å². The summed E-state index contributed by atoms with van der Waals surface area (Å²) < 4.78 is 16.1. The van der Waals surface area contributed by atoms with Crippen molar-refractivity contribution in [3.63, 3.8) is 0 Å². The molecule has 1 saturated heterocycles. The minimum absolute atomic E-state index is 0.328. The van der Waals surface area contributed by atoms with Crippen molar-refractivity contribution in [2.24, 2.45) is 0 Å². The fourth-order valence-electron chi connectivity index (χ4n) is 2.29. The highest BCUT2D eigenvalue weighted by Crippen LogP contribution is 2.40.